The second-order valence-electron chi connectivity index (χ2n) is 4.12. The van der Waals surface area contributed by atoms with E-state index in [-0.39, 0.29) is 16.8 Å². The van der Waals surface area contributed by atoms with Crippen molar-refractivity contribution >= 4 is 33.5 Å². The van der Waals surface area contributed by atoms with Crippen molar-refractivity contribution in [3.8, 4) is 5.75 Å². The van der Waals surface area contributed by atoms with E-state index in [1.165, 1.54) is 24.3 Å². The Hall–Kier alpha value is -2.41. The molecule has 2 aromatic carbocycles. The summed E-state index contributed by atoms with van der Waals surface area (Å²) in [6.07, 6.45) is 0. The van der Waals surface area contributed by atoms with Crippen LogP contribution >= 0.6 is 15.9 Å². The molecule has 108 valence electrons. The number of aromatic hydroxyl groups is 1. The summed E-state index contributed by atoms with van der Waals surface area (Å²) in [5.74, 6) is -3.09. The Bertz CT molecular complexity index is 733. The van der Waals surface area contributed by atoms with Gasteiger partial charge in [-0.1, -0.05) is 15.9 Å². The summed E-state index contributed by atoms with van der Waals surface area (Å²) in [6, 6.07) is 7.32. The summed E-state index contributed by atoms with van der Waals surface area (Å²) in [4.78, 5) is 22.7. The number of benzene rings is 2. The number of carbonyl (C=O) groups excluding carboxylic acids is 1. The fourth-order valence-electron chi connectivity index (χ4n) is 1.63. The smallest absolute Gasteiger partial charge is 0.335 e. The highest BCUT2D eigenvalue weighted by molar-refractivity contribution is 9.10. The minimum absolute atomic E-state index is 0.00984. The molecule has 3 N–H and O–H groups in total. The molecule has 0 heterocycles. The summed E-state index contributed by atoms with van der Waals surface area (Å²) in [7, 11) is 0. The lowest BCUT2D eigenvalue weighted by atomic mass is 10.1. The molecule has 0 aliphatic rings. The minimum Gasteiger partial charge on any atom is -0.506 e. The van der Waals surface area contributed by atoms with Crippen molar-refractivity contribution in [3.63, 3.8) is 0 Å². The van der Waals surface area contributed by atoms with Crippen LogP contribution in [0.15, 0.2) is 40.9 Å². The Morgan fingerprint density at radius 2 is 1.86 bits per heavy atom. The van der Waals surface area contributed by atoms with E-state index in [1.807, 2.05) is 0 Å². The van der Waals surface area contributed by atoms with E-state index in [9.17, 15) is 19.1 Å². The number of halogens is 2. The van der Waals surface area contributed by atoms with Gasteiger partial charge in [-0.25, -0.2) is 9.18 Å². The first-order valence-corrected chi connectivity index (χ1v) is 6.50. The standard InChI is InChI=1S/C14H9BrFNO4/c15-8-2-3-10(16)9(6-8)13(19)17-11-4-1-7(14(20)21)5-12(11)18/h1-6,18H,(H,17,19)(H,20,21). The van der Waals surface area contributed by atoms with Crippen LogP contribution in [0.1, 0.15) is 20.7 Å². The third kappa shape index (κ3) is 3.38. The van der Waals surface area contributed by atoms with Gasteiger partial charge in [-0.15, -0.1) is 0 Å². The van der Waals surface area contributed by atoms with Gasteiger partial charge in [-0.05, 0) is 36.4 Å². The molecular weight excluding hydrogens is 345 g/mol. The molecule has 2 aromatic rings. The van der Waals surface area contributed by atoms with Crippen LogP contribution in [-0.2, 0) is 0 Å². The Balaban J connectivity index is 2.27. The van der Waals surface area contributed by atoms with E-state index < -0.39 is 23.4 Å². The average molecular weight is 354 g/mol. The molecule has 0 saturated carbocycles. The molecule has 1 amide bonds. The monoisotopic (exact) mass is 353 g/mol. The molecule has 21 heavy (non-hydrogen) atoms. The highest BCUT2D eigenvalue weighted by Crippen LogP contribution is 2.25. The molecule has 0 unspecified atom stereocenters. The first kappa shape index (κ1) is 15.0. The first-order valence-electron chi connectivity index (χ1n) is 5.71. The number of carboxylic acids is 1. The predicted molar refractivity (Wildman–Crippen MR) is 77.1 cm³/mol. The summed E-state index contributed by atoms with van der Waals surface area (Å²) in [6.45, 7) is 0. The maximum atomic E-state index is 13.6. The molecular formula is C14H9BrFNO4. The molecule has 0 aliphatic heterocycles. The van der Waals surface area contributed by atoms with Crippen molar-refractivity contribution in [2.75, 3.05) is 5.32 Å². The highest BCUT2D eigenvalue weighted by atomic mass is 79.9. The van der Waals surface area contributed by atoms with Crippen LogP contribution in [0.4, 0.5) is 10.1 Å². The van der Waals surface area contributed by atoms with E-state index in [1.54, 1.807) is 0 Å². The van der Waals surface area contributed by atoms with Gasteiger partial charge in [-0.2, -0.15) is 0 Å². The van der Waals surface area contributed by atoms with Crippen molar-refractivity contribution in [2.24, 2.45) is 0 Å². The topological polar surface area (TPSA) is 86.6 Å². The SMILES string of the molecule is O=C(O)c1ccc(NC(=O)c2cc(Br)ccc2F)c(O)c1. The minimum atomic E-state index is -1.21. The Morgan fingerprint density at radius 1 is 1.14 bits per heavy atom. The number of aromatic carboxylic acids is 1. The van der Waals surface area contributed by atoms with Gasteiger partial charge < -0.3 is 15.5 Å². The highest BCUT2D eigenvalue weighted by Gasteiger charge is 2.15. The third-order valence-corrected chi connectivity index (χ3v) is 3.16. The summed E-state index contributed by atoms with van der Waals surface area (Å²) in [5.41, 5.74) is -0.338. The number of phenolic OH excluding ortho intramolecular Hbond substituents is 1. The lowest BCUT2D eigenvalue weighted by Gasteiger charge is -2.09. The number of hydrogen-bond acceptors (Lipinski definition) is 3. The molecule has 5 nitrogen and oxygen atoms in total. The molecule has 2 rings (SSSR count). The number of rotatable bonds is 3. The average Bonchev–Trinajstić information content (AvgIpc) is 2.43. The van der Waals surface area contributed by atoms with Crippen molar-refractivity contribution < 1.29 is 24.2 Å². The van der Waals surface area contributed by atoms with Crippen molar-refractivity contribution in [2.45, 2.75) is 0 Å². The van der Waals surface area contributed by atoms with Crippen LogP contribution in [0.5, 0.6) is 5.75 Å². The van der Waals surface area contributed by atoms with Crippen molar-refractivity contribution in [1.82, 2.24) is 0 Å². The van der Waals surface area contributed by atoms with Gasteiger partial charge in [0.15, 0.2) is 0 Å². The van der Waals surface area contributed by atoms with E-state index in [0.717, 1.165) is 12.1 Å². The van der Waals surface area contributed by atoms with E-state index in [2.05, 4.69) is 21.2 Å². The largest absolute Gasteiger partial charge is 0.506 e. The van der Waals surface area contributed by atoms with Crippen LogP contribution in [0.2, 0.25) is 0 Å². The number of carboxylic acid groups (broad SMARTS) is 1. The summed E-state index contributed by atoms with van der Waals surface area (Å²) in [5, 5.41) is 20.8. The van der Waals surface area contributed by atoms with Gasteiger partial charge in [0.05, 0.1) is 16.8 Å². The van der Waals surface area contributed by atoms with Gasteiger partial charge in [0.1, 0.15) is 11.6 Å². The maximum absolute atomic E-state index is 13.6. The van der Waals surface area contributed by atoms with Gasteiger partial charge in [0, 0.05) is 4.47 Å². The zero-order valence-electron chi connectivity index (χ0n) is 10.4. The van der Waals surface area contributed by atoms with Crippen molar-refractivity contribution in [3.05, 3.63) is 57.8 Å². The van der Waals surface area contributed by atoms with Crippen LogP contribution in [0.25, 0.3) is 0 Å². The van der Waals surface area contributed by atoms with Gasteiger partial charge >= 0.3 is 5.97 Å². The third-order valence-electron chi connectivity index (χ3n) is 2.67. The summed E-state index contributed by atoms with van der Waals surface area (Å²) < 4.78 is 14.1. The Kier molecular flexibility index (Phi) is 4.23. The summed E-state index contributed by atoms with van der Waals surface area (Å²) >= 11 is 3.13. The van der Waals surface area contributed by atoms with Crippen LogP contribution < -0.4 is 5.32 Å². The lowest BCUT2D eigenvalue weighted by Crippen LogP contribution is -2.14. The molecule has 0 aromatic heterocycles. The van der Waals surface area contributed by atoms with Gasteiger partial charge in [-0.3, -0.25) is 4.79 Å². The first-order chi connectivity index (χ1) is 9.88. The molecule has 0 aliphatic carbocycles. The van der Waals surface area contributed by atoms with E-state index in [4.69, 9.17) is 5.11 Å². The number of anilines is 1. The maximum Gasteiger partial charge on any atom is 0.335 e. The van der Waals surface area contributed by atoms with E-state index in [0.29, 0.717) is 4.47 Å². The fraction of sp³-hybridized carbons (Fsp3) is 0. The Labute approximate surface area is 127 Å². The fourth-order valence-corrected chi connectivity index (χ4v) is 1.99. The van der Waals surface area contributed by atoms with E-state index >= 15 is 0 Å². The van der Waals surface area contributed by atoms with Gasteiger partial charge in [0.2, 0.25) is 0 Å². The Morgan fingerprint density at radius 3 is 2.48 bits per heavy atom. The zero-order valence-corrected chi connectivity index (χ0v) is 12.0. The molecule has 0 spiro atoms. The second-order valence-corrected chi connectivity index (χ2v) is 5.03. The molecule has 7 heteroatoms. The van der Waals surface area contributed by atoms with Crippen LogP contribution in [-0.4, -0.2) is 22.1 Å². The molecule has 0 radical (unpaired) electrons. The number of amides is 1. The second kappa shape index (κ2) is 5.92. The van der Waals surface area contributed by atoms with Crippen LogP contribution in [0.3, 0.4) is 0 Å². The number of carbonyl (C=O) groups is 2. The van der Waals surface area contributed by atoms with Crippen LogP contribution in [0, 0.1) is 5.82 Å². The molecule has 0 atom stereocenters. The predicted octanol–water partition coefficient (Wildman–Crippen LogP) is 3.24. The number of nitrogens with one attached hydrogen (secondary N) is 1. The molecule has 0 saturated heterocycles. The van der Waals surface area contributed by atoms with Crippen molar-refractivity contribution in [1.29, 1.82) is 0 Å². The molecule has 0 bridgehead atoms. The normalized spacial score (nSPS) is 10.2. The quantitative estimate of drug-likeness (QED) is 0.739. The number of hydrogen-bond donors (Lipinski definition) is 3. The molecule has 0 fully saturated rings. The zero-order chi connectivity index (χ0) is 15.6. The van der Waals surface area contributed by atoms with Gasteiger partial charge in [0.25, 0.3) is 5.91 Å². The number of phenols is 1. The lowest BCUT2D eigenvalue weighted by molar-refractivity contribution is 0.0696.